The summed E-state index contributed by atoms with van der Waals surface area (Å²) < 4.78 is 5.55. The number of rotatable bonds is 3. The largest absolute Gasteiger partial charge is 0.492 e. The molecule has 1 saturated carbocycles. The van der Waals surface area contributed by atoms with Crippen molar-refractivity contribution in [2.45, 2.75) is 25.3 Å². The molecule has 1 aromatic rings. The van der Waals surface area contributed by atoms with Crippen LogP contribution in [-0.2, 0) is 9.59 Å². The Balaban J connectivity index is 1.74. The quantitative estimate of drug-likeness (QED) is 0.899. The van der Waals surface area contributed by atoms with Crippen LogP contribution in [0.4, 0.5) is 0 Å². The highest BCUT2D eigenvalue weighted by atomic mass is 35.5. The Bertz CT molecular complexity index is 589. The van der Waals surface area contributed by atoms with E-state index in [2.05, 4.69) is 5.32 Å². The highest BCUT2D eigenvalue weighted by Gasteiger charge is 2.42. The van der Waals surface area contributed by atoms with E-state index in [0.29, 0.717) is 36.6 Å². The first-order valence-corrected chi connectivity index (χ1v) is 7.40. The minimum Gasteiger partial charge on any atom is -0.492 e. The lowest BCUT2D eigenvalue weighted by molar-refractivity contribution is -0.153. The molecule has 3 unspecified atom stereocenters. The fourth-order valence-corrected chi connectivity index (χ4v) is 3.16. The van der Waals surface area contributed by atoms with E-state index >= 15 is 0 Å². The highest BCUT2D eigenvalue weighted by Crippen LogP contribution is 2.39. The van der Waals surface area contributed by atoms with E-state index < -0.39 is 17.8 Å². The fraction of sp³-hybridized carbons (Fsp3) is 0.467. The number of halogens is 1. The van der Waals surface area contributed by atoms with Crippen LogP contribution in [0, 0.1) is 11.8 Å². The van der Waals surface area contributed by atoms with Crippen LogP contribution >= 0.6 is 11.6 Å². The summed E-state index contributed by atoms with van der Waals surface area (Å²) in [7, 11) is 0. The van der Waals surface area contributed by atoms with Crippen LogP contribution < -0.4 is 10.1 Å². The van der Waals surface area contributed by atoms with Crippen molar-refractivity contribution in [3.05, 3.63) is 28.8 Å². The van der Waals surface area contributed by atoms with Crippen molar-refractivity contribution >= 4 is 23.5 Å². The van der Waals surface area contributed by atoms with Crippen molar-refractivity contribution < 1.29 is 19.4 Å². The molecule has 5 nitrogen and oxygen atoms in total. The molecular formula is C15H16ClNO4. The first kappa shape index (κ1) is 14.2. The van der Waals surface area contributed by atoms with Crippen LogP contribution in [0.5, 0.6) is 5.75 Å². The van der Waals surface area contributed by atoms with Crippen LogP contribution in [0.25, 0.3) is 0 Å². The minimum atomic E-state index is -0.892. The van der Waals surface area contributed by atoms with Gasteiger partial charge in [-0.1, -0.05) is 23.7 Å². The molecule has 1 heterocycles. The van der Waals surface area contributed by atoms with Crippen molar-refractivity contribution in [3.8, 4) is 5.75 Å². The zero-order valence-corrected chi connectivity index (χ0v) is 12.1. The summed E-state index contributed by atoms with van der Waals surface area (Å²) in [5.41, 5.74) is 0.855. The van der Waals surface area contributed by atoms with E-state index in [4.69, 9.17) is 21.4 Å². The third-order valence-corrected chi connectivity index (χ3v) is 4.57. The van der Waals surface area contributed by atoms with Gasteiger partial charge in [-0.15, -0.1) is 0 Å². The summed E-state index contributed by atoms with van der Waals surface area (Å²) in [5.74, 6) is -1.45. The molecule has 1 aliphatic carbocycles. The molecule has 1 aliphatic heterocycles. The smallest absolute Gasteiger partial charge is 0.307 e. The van der Waals surface area contributed by atoms with Gasteiger partial charge in [-0.05, 0) is 18.9 Å². The van der Waals surface area contributed by atoms with Gasteiger partial charge in [-0.2, -0.15) is 0 Å². The van der Waals surface area contributed by atoms with Gasteiger partial charge in [0.05, 0.1) is 29.5 Å². The summed E-state index contributed by atoms with van der Waals surface area (Å²) in [6.07, 6.45) is 1.86. The maximum Gasteiger partial charge on any atom is 0.307 e. The van der Waals surface area contributed by atoms with Crippen molar-refractivity contribution in [1.29, 1.82) is 0 Å². The number of ether oxygens (including phenoxy) is 1. The summed E-state index contributed by atoms with van der Waals surface area (Å²) in [6.45, 7) is 0.481. The first-order chi connectivity index (χ1) is 10.1. The number of nitrogens with one attached hydrogen (secondary N) is 1. The summed E-state index contributed by atoms with van der Waals surface area (Å²) in [4.78, 5) is 23.3. The minimum absolute atomic E-state index is 0.171. The Hall–Kier alpha value is -1.75. The van der Waals surface area contributed by atoms with Crippen LogP contribution in [0.15, 0.2) is 18.2 Å². The predicted octanol–water partition coefficient (Wildman–Crippen LogP) is 2.39. The molecule has 0 bridgehead atoms. The van der Waals surface area contributed by atoms with Gasteiger partial charge >= 0.3 is 5.97 Å². The summed E-state index contributed by atoms with van der Waals surface area (Å²) in [5, 5.41) is 12.5. The molecule has 0 radical (unpaired) electrons. The van der Waals surface area contributed by atoms with E-state index in [9.17, 15) is 9.59 Å². The second-order valence-electron chi connectivity index (χ2n) is 5.49. The Labute approximate surface area is 127 Å². The SMILES string of the molecule is O=C(O)C1CCC1C(=O)NC1CCOc2c(Cl)cccc21. The normalized spacial score (nSPS) is 27.0. The lowest BCUT2D eigenvalue weighted by Crippen LogP contribution is -2.45. The zero-order valence-electron chi connectivity index (χ0n) is 11.3. The second-order valence-corrected chi connectivity index (χ2v) is 5.89. The molecule has 0 aromatic heterocycles. The van der Waals surface area contributed by atoms with Crippen LogP contribution in [0.3, 0.4) is 0 Å². The van der Waals surface area contributed by atoms with Gasteiger partial charge in [0.25, 0.3) is 0 Å². The molecule has 1 amide bonds. The van der Waals surface area contributed by atoms with Crippen LogP contribution in [0.2, 0.25) is 5.02 Å². The van der Waals surface area contributed by atoms with E-state index in [-0.39, 0.29) is 11.9 Å². The van der Waals surface area contributed by atoms with Gasteiger partial charge in [0.2, 0.25) is 5.91 Å². The molecule has 1 fully saturated rings. The number of para-hydroxylation sites is 1. The average Bonchev–Trinajstić information content (AvgIpc) is 2.38. The Kier molecular flexibility index (Phi) is 3.76. The Morgan fingerprint density at radius 2 is 2.00 bits per heavy atom. The zero-order chi connectivity index (χ0) is 15.0. The molecule has 3 atom stereocenters. The van der Waals surface area contributed by atoms with Crippen molar-refractivity contribution in [1.82, 2.24) is 5.32 Å². The van der Waals surface area contributed by atoms with Crippen molar-refractivity contribution in [2.24, 2.45) is 11.8 Å². The third kappa shape index (κ3) is 2.58. The van der Waals surface area contributed by atoms with Crippen molar-refractivity contribution in [2.75, 3.05) is 6.61 Å². The molecule has 6 heteroatoms. The Morgan fingerprint density at radius 3 is 2.67 bits per heavy atom. The van der Waals surface area contributed by atoms with Gasteiger partial charge in [0.15, 0.2) is 0 Å². The van der Waals surface area contributed by atoms with E-state index in [0.717, 1.165) is 5.56 Å². The van der Waals surface area contributed by atoms with Gasteiger partial charge in [0.1, 0.15) is 5.75 Å². The standard InChI is InChI=1S/C15H16ClNO4/c16-11-3-1-2-10-12(6-7-21-13(10)11)17-14(18)8-4-5-9(8)15(19)20/h1-3,8-9,12H,4-7H2,(H,17,18)(H,19,20). The molecule has 3 rings (SSSR count). The van der Waals surface area contributed by atoms with E-state index in [1.165, 1.54) is 0 Å². The van der Waals surface area contributed by atoms with E-state index in [1.54, 1.807) is 6.07 Å². The maximum atomic E-state index is 12.3. The first-order valence-electron chi connectivity index (χ1n) is 7.02. The third-order valence-electron chi connectivity index (χ3n) is 4.27. The monoisotopic (exact) mass is 309 g/mol. The summed E-state index contributed by atoms with van der Waals surface area (Å²) >= 11 is 6.09. The number of aliphatic carboxylic acids is 1. The van der Waals surface area contributed by atoms with Gasteiger partial charge in [0, 0.05) is 12.0 Å². The number of hydrogen-bond donors (Lipinski definition) is 2. The highest BCUT2D eigenvalue weighted by molar-refractivity contribution is 6.32. The predicted molar refractivity (Wildman–Crippen MR) is 76.3 cm³/mol. The van der Waals surface area contributed by atoms with Crippen molar-refractivity contribution in [3.63, 3.8) is 0 Å². The number of carbonyl (C=O) groups is 2. The Morgan fingerprint density at radius 1 is 1.24 bits per heavy atom. The second kappa shape index (κ2) is 5.56. The molecule has 2 aliphatic rings. The number of carbonyl (C=O) groups excluding carboxylic acids is 1. The van der Waals surface area contributed by atoms with Gasteiger partial charge < -0.3 is 15.2 Å². The van der Waals surface area contributed by atoms with E-state index in [1.807, 2.05) is 12.1 Å². The van der Waals surface area contributed by atoms with Crippen LogP contribution in [0.1, 0.15) is 30.9 Å². The number of carboxylic acids is 1. The number of benzene rings is 1. The molecule has 2 N–H and O–H groups in total. The number of fused-ring (bicyclic) bond motifs is 1. The number of hydrogen-bond acceptors (Lipinski definition) is 3. The molecule has 0 spiro atoms. The van der Waals surface area contributed by atoms with Crippen LogP contribution in [-0.4, -0.2) is 23.6 Å². The average molecular weight is 310 g/mol. The molecular weight excluding hydrogens is 294 g/mol. The topological polar surface area (TPSA) is 75.6 Å². The number of carboxylic acid groups (broad SMARTS) is 1. The van der Waals surface area contributed by atoms with Gasteiger partial charge in [-0.25, -0.2) is 0 Å². The lowest BCUT2D eigenvalue weighted by atomic mass is 9.73. The number of amides is 1. The van der Waals surface area contributed by atoms with Gasteiger partial charge in [-0.3, -0.25) is 9.59 Å². The summed E-state index contributed by atoms with van der Waals surface area (Å²) in [6, 6.07) is 5.27. The molecule has 21 heavy (non-hydrogen) atoms. The molecule has 1 aromatic carbocycles. The maximum absolute atomic E-state index is 12.3. The fourth-order valence-electron chi connectivity index (χ4n) is 2.92. The molecule has 0 saturated heterocycles. The lowest BCUT2D eigenvalue weighted by Gasteiger charge is -2.34. The molecule has 112 valence electrons.